The summed E-state index contributed by atoms with van der Waals surface area (Å²) in [4.78, 5) is 14.2. The first-order valence-electron chi connectivity index (χ1n) is 8.20. The first kappa shape index (κ1) is 19.3. The molecule has 0 aliphatic carbocycles. The standard InChI is InChI=1S/C19H16Cl2FN3O2/c1-11(2)25(19(26)14-8-7-12(20)9-16(14)22)10-17-23-24-18(27-17)13-5-3-4-6-15(13)21/h3-9,11H,10H2,1-2H3. The molecule has 1 amide bonds. The maximum Gasteiger partial charge on any atom is 0.257 e. The van der Waals surface area contributed by atoms with Crippen LogP contribution in [0.25, 0.3) is 11.5 Å². The third kappa shape index (κ3) is 4.28. The molecule has 0 saturated heterocycles. The lowest BCUT2D eigenvalue weighted by molar-refractivity contribution is 0.0667. The van der Waals surface area contributed by atoms with Crippen molar-refractivity contribution in [1.82, 2.24) is 15.1 Å². The minimum Gasteiger partial charge on any atom is -0.419 e. The largest absolute Gasteiger partial charge is 0.419 e. The number of hydrogen-bond donors (Lipinski definition) is 0. The number of amides is 1. The minimum absolute atomic E-state index is 0.0377. The zero-order chi connectivity index (χ0) is 19.6. The van der Waals surface area contributed by atoms with Crippen LogP contribution in [0.5, 0.6) is 0 Å². The monoisotopic (exact) mass is 407 g/mol. The van der Waals surface area contributed by atoms with Gasteiger partial charge in [0.15, 0.2) is 0 Å². The zero-order valence-electron chi connectivity index (χ0n) is 14.6. The second kappa shape index (κ2) is 8.06. The number of carbonyl (C=O) groups is 1. The normalized spacial score (nSPS) is 11.0. The highest BCUT2D eigenvalue weighted by Crippen LogP contribution is 2.27. The maximum absolute atomic E-state index is 14.1. The van der Waals surface area contributed by atoms with E-state index in [2.05, 4.69) is 10.2 Å². The van der Waals surface area contributed by atoms with Gasteiger partial charge < -0.3 is 9.32 Å². The number of aromatic nitrogens is 2. The van der Waals surface area contributed by atoms with Crippen molar-refractivity contribution >= 4 is 29.1 Å². The fourth-order valence-corrected chi connectivity index (χ4v) is 2.89. The Balaban J connectivity index is 1.85. The molecule has 8 heteroatoms. The van der Waals surface area contributed by atoms with Crippen LogP contribution in [0.15, 0.2) is 46.9 Å². The van der Waals surface area contributed by atoms with Gasteiger partial charge in [-0.3, -0.25) is 4.79 Å². The molecule has 0 aliphatic rings. The molecule has 140 valence electrons. The van der Waals surface area contributed by atoms with E-state index in [-0.39, 0.29) is 35.0 Å². The molecule has 3 aromatic rings. The summed E-state index contributed by atoms with van der Waals surface area (Å²) in [6.07, 6.45) is 0. The first-order chi connectivity index (χ1) is 12.9. The first-order valence-corrected chi connectivity index (χ1v) is 8.95. The van der Waals surface area contributed by atoms with Crippen molar-refractivity contribution in [2.75, 3.05) is 0 Å². The predicted octanol–water partition coefficient (Wildman–Crippen LogP) is 5.23. The van der Waals surface area contributed by atoms with E-state index >= 15 is 0 Å². The van der Waals surface area contributed by atoms with Crippen molar-refractivity contribution < 1.29 is 13.6 Å². The van der Waals surface area contributed by atoms with Crippen LogP contribution in [0, 0.1) is 5.82 Å². The summed E-state index contributed by atoms with van der Waals surface area (Å²) in [6, 6.07) is 10.8. The van der Waals surface area contributed by atoms with Crippen molar-refractivity contribution in [3.63, 3.8) is 0 Å². The molecule has 0 fully saturated rings. The summed E-state index contributed by atoms with van der Waals surface area (Å²) in [5, 5.41) is 8.68. The Morgan fingerprint density at radius 3 is 2.59 bits per heavy atom. The lowest BCUT2D eigenvalue weighted by Gasteiger charge is -2.25. The molecule has 0 spiro atoms. The van der Waals surface area contributed by atoms with E-state index in [1.165, 1.54) is 17.0 Å². The minimum atomic E-state index is -0.680. The number of rotatable bonds is 5. The van der Waals surface area contributed by atoms with Crippen LogP contribution in [0.3, 0.4) is 0 Å². The van der Waals surface area contributed by atoms with Crippen LogP contribution >= 0.6 is 23.2 Å². The SMILES string of the molecule is CC(C)N(Cc1nnc(-c2ccccc2Cl)o1)C(=O)c1ccc(Cl)cc1F. The molecule has 5 nitrogen and oxygen atoms in total. The zero-order valence-corrected chi connectivity index (χ0v) is 16.1. The summed E-state index contributed by atoms with van der Waals surface area (Å²) >= 11 is 11.9. The summed E-state index contributed by atoms with van der Waals surface area (Å²) in [7, 11) is 0. The topological polar surface area (TPSA) is 59.2 Å². The number of nitrogens with zero attached hydrogens (tertiary/aromatic N) is 3. The fourth-order valence-electron chi connectivity index (χ4n) is 2.51. The average molecular weight is 408 g/mol. The molecular formula is C19H16Cl2FN3O2. The summed E-state index contributed by atoms with van der Waals surface area (Å²) in [6.45, 7) is 3.67. The number of halogens is 3. The van der Waals surface area contributed by atoms with E-state index in [0.29, 0.717) is 10.6 Å². The van der Waals surface area contributed by atoms with Gasteiger partial charge in [-0.2, -0.15) is 0 Å². The molecule has 3 rings (SSSR count). The van der Waals surface area contributed by atoms with E-state index in [9.17, 15) is 9.18 Å². The molecule has 0 bridgehead atoms. The second-order valence-corrected chi connectivity index (χ2v) is 6.98. The van der Waals surface area contributed by atoms with E-state index in [4.69, 9.17) is 27.6 Å². The van der Waals surface area contributed by atoms with Crippen molar-refractivity contribution in [3.05, 3.63) is 69.8 Å². The average Bonchev–Trinajstić information content (AvgIpc) is 3.08. The van der Waals surface area contributed by atoms with Crippen LogP contribution in [-0.4, -0.2) is 27.0 Å². The van der Waals surface area contributed by atoms with Gasteiger partial charge in [0.2, 0.25) is 11.8 Å². The molecule has 1 heterocycles. The number of benzene rings is 2. The van der Waals surface area contributed by atoms with Gasteiger partial charge in [0.25, 0.3) is 5.91 Å². The lowest BCUT2D eigenvalue weighted by atomic mass is 10.1. The molecule has 0 saturated carbocycles. The Morgan fingerprint density at radius 1 is 1.19 bits per heavy atom. The summed E-state index contributed by atoms with van der Waals surface area (Å²) in [5.41, 5.74) is 0.531. The van der Waals surface area contributed by atoms with Gasteiger partial charge >= 0.3 is 0 Å². The van der Waals surface area contributed by atoms with Crippen molar-refractivity contribution in [2.45, 2.75) is 26.4 Å². The Kier molecular flexibility index (Phi) is 5.77. The lowest BCUT2D eigenvalue weighted by Crippen LogP contribution is -2.37. The summed E-state index contributed by atoms with van der Waals surface area (Å²) < 4.78 is 19.8. The van der Waals surface area contributed by atoms with Gasteiger partial charge in [-0.1, -0.05) is 35.3 Å². The second-order valence-electron chi connectivity index (χ2n) is 6.13. The molecule has 0 aliphatic heterocycles. The smallest absolute Gasteiger partial charge is 0.257 e. The molecule has 0 atom stereocenters. The van der Waals surface area contributed by atoms with Gasteiger partial charge in [0.1, 0.15) is 5.82 Å². The molecule has 0 radical (unpaired) electrons. The van der Waals surface area contributed by atoms with Crippen LogP contribution in [0.1, 0.15) is 30.1 Å². The van der Waals surface area contributed by atoms with Crippen LogP contribution in [0.2, 0.25) is 10.0 Å². The Morgan fingerprint density at radius 2 is 1.93 bits per heavy atom. The van der Waals surface area contributed by atoms with Crippen molar-refractivity contribution in [1.29, 1.82) is 0 Å². The molecule has 0 unspecified atom stereocenters. The molecule has 27 heavy (non-hydrogen) atoms. The number of carbonyl (C=O) groups excluding carboxylic acids is 1. The van der Waals surface area contributed by atoms with Crippen LogP contribution < -0.4 is 0 Å². The highest BCUT2D eigenvalue weighted by molar-refractivity contribution is 6.33. The highest BCUT2D eigenvalue weighted by Gasteiger charge is 2.24. The fraction of sp³-hybridized carbons (Fsp3) is 0.211. The van der Waals surface area contributed by atoms with E-state index in [1.807, 2.05) is 13.8 Å². The van der Waals surface area contributed by atoms with Gasteiger partial charge in [-0.15, -0.1) is 10.2 Å². The molecular weight excluding hydrogens is 392 g/mol. The molecule has 0 N–H and O–H groups in total. The van der Waals surface area contributed by atoms with Gasteiger partial charge in [0.05, 0.1) is 22.7 Å². The Bertz CT molecular complexity index is 975. The maximum atomic E-state index is 14.1. The third-order valence-corrected chi connectivity index (χ3v) is 4.49. The van der Waals surface area contributed by atoms with Crippen LogP contribution in [-0.2, 0) is 6.54 Å². The van der Waals surface area contributed by atoms with E-state index in [0.717, 1.165) is 6.07 Å². The van der Waals surface area contributed by atoms with Crippen molar-refractivity contribution in [2.24, 2.45) is 0 Å². The summed E-state index contributed by atoms with van der Waals surface area (Å²) in [5.74, 6) is -0.692. The van der Waals surface area contributed by atoms with Gasteiger partial charge in [-0.25, -0.2) is 4.39 Å². The number of hydrogen-bond acceptors (Lipinski definition) is 4. The predicted molar refractivity (Wildman–Crippen MR) is 101 cm³/mol. The molecule has 1 aromatic heterocycles. The van der Waals surface area contributed by atoms with Crippen molar-refractivity contribution in [3.8, 4) is 11.5 Å². The van der Waals surface area contributed by atoms with E-state index < -0.39 is 11.7 Å². The Labute approximate surface area is 165 Å². The molecule has 2 aromatic carbocycles. The van der Waals surface area contributed by atoms with Crippen LogP contribution in [0.4, 0.5) is 4.39 Å². The highest BCUT2D eigenvalue weighted by atomic mass is 35.5. The van der Waals surface area contributed by atoms with E-state index in [1.54, 1.807) is 24.3 Å². The van der Waals surface area contributed by atoms with Gasteiger partial charge in [-0.05, 0) is 44.2 Å². The Hall–Kier alpha value is -2.44. The van der Waals surface area contributed by atoms with Gasteiger partial charge in [0, 0.05) is 11.1 Å². The quantitative estimate of drug-likeness (QED) is 0.580. The third-order valence-electron chi connectivity index (χ3n) is 3.92.